The number of halogens is 1. The summed E-state index contributed by atoms with van der Waals surface area (Å²) in [5.74, 6) is 2.40. The van der Waals surface area contributed by atoms with Crippen molar-refractivity contribution in [1.29, 1.82) is 0 Å². The van der Waals surface area contributed by atoms with Crippen molar-refractivity contribution in [3.05, 3.63) is 0 Å². The van der Waals surface area contributed by atoms with Crippen molar-refractivity contribution in [2.75, 3.05) is 5.88 Å². The molecule has 94 valence electrons. The third-order valence-corrected chi connectivity index (χ3v) is 4.78. The fraction of sp³-hybridized carbons (Fsp3) is 1.00. The Kier molecular flexibility index (Phi) is 4.18. The molecule has 0 aromatic rings. The molecule has 1 saturated heterocycles. The van der Waals surface area contributed by atoms with Crippen LogP contribution in [0, 0.1) is 11.8 Å². The summed E-state index contributed by atoms with van der Waals surface area (Å²) in [5, 5.41) is 0. The van der Waals surface area contributed by atoms with Gasteiger partial charge in [-0.05, 0) is 44.9 Å². The Bertz CT molecular complexity index is 221. The molecule has 0 aromatic heterocycles. The standard InChI is InChI=1S/C14H25ClO/c1-14(2)8-7-13(16-14)9-12(10-15)11-5-3-4-6-11/h11-13H,3-10H2,1-2H3. The zero-order valence-electron chi connectivity index (χ0n) is 10.7. The molecular weight excluding hydrogens is 220 g/mol. The van der Waals surface area contributed by atoms with Gasteiger partial charge < -0.3 is 4.74 Å². The van der Waals surface area contributed by atoms with Gasteiger partial charge in [-0.25, -0.2) is 0 Å². The highest BCUT2D eigenvalue weighted by Gasteiger charge is 2.34. The predicted octanol–water partition coefficient (Wildman–Crippen LogP) is 4.38. The second kappa shape index (κ2) is 5.27. The molecule has 1 aliphatic heterocycles. The normalized spacial score (nSPS) is 32.1. The fourth-order valence-electron chi connectivity index (χ4n) is 3.39. The Morgan fingerprint density at radius 1 is 1.25 bits per heavy atom. The molecule has 2 rings (SSSR count). The van der Waals surface area contributed by atoms with Gasteiger partial charge in [-0.3, -0.25) is 0 Å². The van der Waals surface area contributed by atoms with Crippen molar-refractivity contribution in [2.24, 2.45) is 11.8 Å². The molecule has 0 bridgehead atoms. The molecule has 2 aliphatic rings. The zero-order valence-corrected chi connectivity index (χ0v) is 11.4. The van der Waals surface area contributed by atoms with Crippen LogP contribution >= 0.6 is 11.6 Å². The van der Waals surface area contributed by atoms with Gasteiger partial charge in [-0.1, -0.05) is 25.7 Å². The maximum Gasteiger partial charge on any atom is 0.0631 e. The lowest BCUT2D eigenvalue weighted by Gasteiger charge is -2.25. The molecule has 0 aromatic carbocycles. The maximum atomic E-state index is 6.14. The van der Waals surface area contributed by atoms with E-state index in [0.717, 1.165) is 11.8 Å². The summed E-state index contributed by atoms with van der Waals surface area (Å²) in [7, 11) is 0. The van der Waals surface area contributed by atoms with Crippen LogP contribution in [-0.2, 0) is 4.74 Å². The van der Waals surface area contributed by atoms with Crippen molar-refractivity contribution in [1.82, 2.24) is 0 Å². The molecule has 0 amide bonds. The number of hydrogen-bond donors (Lipinski definition) is 0. The first-order chi connectivity index (χ1) is 7.61. The lowest BCUT2D eigenvalue weighted by atomic mass is 9.87. The molecule has 2 unspecified atom stereocenters. The van der Waals surface area contributed by atoms with Gasteiger partial charge in [0, 0.05) is 5.88 Å². The van der Waals surface area contributed by atoms with Gasteiger partial charge in [0.1, 0.15) is 0 Å². The van der Waals surface area contributed by atoms with E-state index in [1.54, 1.807) is 0 Å². The summed E-state index contributed by atoms with van der Waals surface area (Å²) in [6.07, 6.45) is 9.71. The van der Waals surface area contributed by atoms with Crippen LogP contribution in [0.3, 0.4) is 0 Å². The van der Waals surface area contributed by atoms with E-state index in [-0.39, 0.29) is 5.60 Å². The highest BCUT2D eigenvalue weighted by molar-refractivity contribution is 6.18. The van der Waals surface area contributed by atoms with E-state index in [1.807, 2.05) is 0 Å². The van der Waals surface area contributed by atoms with E-state index in [4.69, 9.17) is 16.3 Å². The summed E-state index contributed by atoms with van der Waals surface area (Å²) in [6, 6.07) is 0. The molecular formula is C14H25ClO. The minimum atomic E-state index is 0.108. The second-order valence-electron chi connectivity index (χ2n) is 6.23. The van der Waals surface area contributed by atoms with Gasteiger partial charge >= 0.3 is 0 Å². The van der Waals surface area contributed by atoms with Gasteiger partial charge in [0.15, 0.2) is 0 Å². The Hall–Kier alpha value is 0.250. The molecule has 0 radical (unpaired) electrons. The van der Waals surface area contributed by atoms with Crippen molar-refractivity contribution < 1.29 is 4.74 Å². The van der Waals surface area contributed by atoms with Crippen LogP contribution in [0.15, 0.2) is 0 Å². The highest BCUT2D eigenvalue weighted by atomic mass is 35.5. The first-order valence-corrected chi connectivity index (χ1v) is 7.38. The summed E-state index contributed by atoms with van der Waals surface area (Å²) in [4.78, 5) is 0. The van der Waals surface area contributed by atoms with E-state index in [0.29, 0.717) is 12.0 Å². The number of ether oxygens (including phenoxy) is 1. The van der Waals surface area contributed by atoms with E-state index < -0.39 is 0 Å². The first-order valence-electron chi connectivity index (χ1n) is 6.84. The predicted molar refractivity (Wildman–Crippen MR) is 69.0 cm³/mol. The van der Waals surface area contributed by atoms with E-state index in [9.17, 15) is 0 Å². The molecule has 0 N–H and O–H groups in total. The van der Waals surface area contributed by atoms with Gasteiger partial charge in [0.25, 0.3) is 0 Å². The number of alkyl halides is 1. The van der Waals surface area contributed by atoms with Crippen LogP contribution < -0.4 is 0 Å². The molecule has 1 aliphatic carbocycles. The first kappa shape index (κ1) is 12.7. The van der Waals surface area contributed by atoms with Crippen LogP contribution in [-0.4, -0.2) is 17.6 Å². The van der Waals surface area contributed by atoms with E-state index in [2.05, 4.69) is 13.8 Å². The van der Waals surface area contributed by atoms with Gasteiger partial charge in [-0.2, -0.15) is 0 Å². The van der Waals surface area contributed by atoms with Crippen molar-refractivity contribution in [2.45, 2.75) is 70.5 Å². The minimum Gasteiger partial charge on any atom is -0.372 e. The largest absolute Gasteiger partial charge is 0.372 e. The Morgan fingerprint density at radius 3 is 2.44 bits per heavy atom. The quantitative estimate of drug-likeness (QED) is 0.667. The summed E-state index contributed by atoms with van der Waals surface area (Å²) in [5.41, 5.74) is 0.108. The maximum absolute atomic E-state index is 6.14. The second-order valence-corrected chi connectivity index (χ2v) is 6.54. The third-order valence-electron chi connectivity index (χ3n) is 4.38. The monoisotopic (exact) mass is 244 g/mol. The van der Waals surface area contributed by atoms with E-state index >= 15 is 0 Å². The Morgan fingerprint density at radius 2 is 1.94 bits per heavy atom. The summed E-state index contributed by atoms with van der Waals surface area (Å²) < 4.78 is 6.08. The molecule has 2 fully saturated rings. The van der Waals surface area contributed by atoms with Crippen LogP contribution in [0.4, 0.5) is 0 Å². The van der Waals surface area contributed by atoms with Crippen molar-refractivity contribution >= 4 is 11.6 Å². The molecule has 1 nitrogen and oxygen atoms in total. The lowest BCUT2D eigenvalue weighted by molar-refractivity contribution is -0.0264. The minimum absolute atomic E-state index is 0.108. The van der Waals surface area contributed by atoms with Crippen molar-refractivity contribution in [3.8, 4) is 0 Å². The Labute approximate surface area is 105 Å². The van der Waals surface area contributed by atoms with Gasteiger partial charge in [0.05, 0.1) is 11.7 Å². The Balaban J connectivity index is 1.82. The van der Waals surface area contributed by atoms with Crippen LogP contribution in [0.5, 0.6) is 0 Å². The molecule has 2 atom stereocenters. The lowest BCUT2D eigenvalue weighted by Crippen LogP contribution is -2.24. The molecule has 1 saturated carbocycles. The molecule has 0 spiro atoms. The smallest absolute Gasteiger partial charge is 0.0631 e. The number of rotatable bonds is 4. The summed E-state index contributed by atoms with van der Waals surface area (Å²) >= 11 is 6.14. The van der Waals surface area contributed by atoms with Crippen molar-refractivity contribution in [3.63, 3.8) is 0 Å². The average Bonchev–Trinajstić information content (AvgIpc) is 2.84. The van der Waals surface area contributed by atoms with Gasteiger partial charge in [-0.15, -0.1) is 11.6 Å². The molecule has 1 heterocycles. The zero-order chi connectivity index (χ0) is 11.6. The highest BCUT2D eigenvalue weighted by Crippen LogP contribution is 2.38. The molecule has 16 heavy (non-hydrogen) atoms. The van der Waals surface area contributed by atoms with E-state index in [1.165, 1.54) is 44.9 Å². The summed E-state index contributed by atoms with van der Waals surface area (Å²) in [6.45, 7) is 4.41. The molecule has 2 heteroatoms. The van der Waals surface area contributed by atoms with Crippen LogP contribution in [0.2, 0.25) is 0 Å². The fourth-order valence-corrected chi connectivity index (χ4v) is 3.77. The topological polar surface area (TPSA) is 9.23 Å². The number of hydrogen-bond acceptors (Lipinski definition) is 1. The van der Waals surface area contributed by atoms with Crippen LogP contribution in [0.1, 0.15) is 58.8 Å². The van der Waals surface area contributed by atoms with Gasteiger partial charge in [0.2, 0.25) is 0 Å². The third kappa shape index (κ3) is 3.13. The van der Waals surface area contributed by atoms with Crippen LogP contribution in [0.25, 0.3) is 0 Å². The average molecular weight is 245 g/mol. The SMILES string of the molecule is CC1(C)CCC(CC(CCl)C2CCCC2)O1.